The highest BCUT2D eigenvalue weighted by Crippen LogP contribution is 2.32. The molecular weight excluding hydrogens is 320 g/mol. The molecule has 1 atom stereocenters. The maximum atomic E-state index is 14.1. The highest BCUT2D eigenvalue weighted by Gasteiger charge is 2.39. The van der Waals surface area contributed by atoms with E-state index in [1.165, 1.54) is 12.1 Å². The summed E-state index contributed by atoms with van der Waals surface area (Å²) in [7, 11) is 0. The highest BCUT2D eigenvalue weighted by molar-refractivity contribution is 5.96. The van der Waals surface area contributed by atoms with Gasteiger partial charge >= 0.3 is 6.09 Å². The van der Waals surface area contributed by atoms with Crippen molar-refractivity contribution in [2.45, 2.75) is 31.9 Å². The van der Waals surface area contributed by atoms with Gasteiger partial charge in [0.25, 0.3) is 0 Å². The number of carbonyl (C=O) groups is 1. The van der Waals surface area contributed by atoms with E-state index in [-0.39, 0.29) is 30.3 Å². The van der Waals surface area contributed by atoms with Crippen LogP contribution in [-0.4, -0.2) is 37.4 Å². The summed E-state index contributed by atoms with van der Waals surface area (Å²) in [4.78, 5) is 16.0. The fourth-order valence-electron chi connectivity index (χ4n) is 2.30. The molecule has 0 saturated carbocycles. The van der Waals surface area contributed by atoms with E-state index < -0.39 is 29.7 Å². The van der Waals surface area contributed by atoms with E-state index >= 15 is 0 Å². The molecule has 0 aromatic heterocycles. The van der Waals surface area contributed by atoms with Crippen molar-refractivity contribution in [3.63, 3.8) is 0 Å². The number of anilines is 1. The molecule has 3 N–H and O–H groups in total. The second kappa shape index (κ2) is 6.72. The molecule has 0 saturated heterocycles. The number of halogens is 2. The lowest BCUT2D eigenvalue weighted by Crippen LogP contribution is -2.46. The number of carbonyl (C=O) groups excluding carboxylic acids is 1. The topological polar surface area (TPSA) is 85.9 Å². The zero-order valence-corrected chi connectivity index (χ0v) is 13.9. The molecule has 1 aliphatic rings. The zero-order chi connectivity index (χ0) is 18.0. The Morgan fingerprint density at radius 2 is 2.21 bits per heavy atom. The van der Waals surface area contributed by atoms with E-state index in [1.54, 1.807) is 20.8 Å². The first kappa shape index (κ1) is 18.1. The Balaban J connectivity index is 2.30. The van der Waals surface area contributed by atoms with Gasteiger partial charge in [-0.25, -0.2) is 13.6 Å². The second-order valence-electron chi connectivity index (χ2n) is 6.58. The van der Waals surface area contributed by atoms with Crippen LogP contribution in [0.2, 0.25) is 0 Å². The van der Waals surface area contributed by atoms with Gasteiger partial charge in [0.05, 0.1) is 6.61 Å². The molecule has 132 valence electrons. The third-order valence-corrected chi connectivity index (χ3v) is 3.29. The Hall–Kier alpha value is -2.22. The number of benzene rings is 1. The average Bonchev–Trinajstić information content (AvgIpc) is 2.47. The lowest BCUT2D eigenvalue weighted by atomic mass is 9.91. The number of nitrogens with zero attached hydrogens (tertiary/aromatic N) is 1. The third-order valence-electron chi connectivity index (χ3n) is 3.29. The molecule has 1 aromatic rings. The van der Waals surface area contributed by atoms with Gasteiger partial charge in [0.15, 0.2) is 0 Å². The van der Waals surface area contributed by atoms with Crippen LogP contribution in [0.4, 0.5) is 19.3 Å². The number of aliphatic imine (C=N–C) groups is 1. The van der Waals surface area contributed by atoms with Crippen molar-refractivity contribution in [3.8, 4) is 0 Å². The zero-order valence-electron chi connectivity index (χ0n) is 13.9. The average molecular weight is 341 g/mol. The van der Waals surface area contributed by atoms with Crippen molar-refractivity contribution in [3.05, 3.63) is 29.6 Å². The van der Waals surface area contributed by atoms with E-state index in [0.29, 0.717) is 0 Å². The Morgan fingerprint density at radius 1 is 1.50 bits per heavy atom. The molecule has 1 unspecified atom stereocenters. The molecule has 0 spiro atoms. The van der Waals surface area contributed by atoms with Gasteiger partial charge < -0.3 is 15.2 Å². The maximum Gasteiger partial charge on any atom is 0.413 e. The van der Waals surface area contributed by atoms with Crippen LogP contribution >= 0.6 is 0 Å². The molecule has 1 heterocycles. The molecule has 2 rings (SSSR count). The summed E-state index contributed by atoms with van der Waals surface area (Å²) in [6.07, 6.45) is -0.743. The molecule has 8 heteroatoms. The predicted octanol–water partition coefficient (Wildman–Crippen LogP) is 2.53. The number of alkyl carbamates (subject to hydrolysis) is 1. The second-order valence-corrected chi connectivity index (χ2v) is 6.58. The van der Waals surface area contributed by atoms with E-state index in [4.69, 9.17) is 15.2 Å². The Labute approximate surface area is 139 Å². The highest BCUT2D eigenvalue weighted by atomic mass is 19.1. The summed E-state index contributed by atoms with van der Waals surface area (Å²) in [6, 6.07) is 3.84. The van der Waals surface area contributed by atoms with Crippen molar-refractivity contribution >= 4 is 17.6 Å². The number of nitrogens with one attached hydrogen (secondary N) is 1. The minimum Gasteiger partial charge on any atom is -0.444 e. The number of alkyl halides is 1. The molecule has 1 aliphatic heterocycles. The molecule has 0 aliphatic carbocycles. The molecule has 6 nitrogen and oxygen atoms in total. The minimum absolute atomic E-state index is 0.0202. The van der Waals surface area contributed by atoms with Crippen molar-refractivity contribution in [2.24, 2.45) is 4.99 Å². The summed E-state index contributed by atoms with van der Waals surface area (Å²) < 4.78 is 38.4. The molecular formula is C16H21F2N3O3. The number of amides is 1. The predicted molar refractivity (Wildman–Crippen MR) is 86.1 cm³/mol. The van der Waals surface area contributed by atoms with Crippen molar-refractivity contribution in [1.29, 1.82) is 0 Å². The fourth-order valence-corrected chi connectivity index (χ4v) is 2.30. The summed E-state index contributed by atoms with van der Waals surface area (Å²) in [5, 5.41) is 2.41. The molecule has 0 fully saturated rings. The van der Waals surface area contributed by atoms with Gasteiger partial charge in [-0.2, -0.15) is 0 Å². The van der Waals surface area contributed by atoms with Gasteiger partial charge in [-0.15, -0.1) is 0 Å². The minimum atomic E-state index is -1.60. The number of ether oxygens (including phenoxy) is 2. The molecule has 0 radical (unpaired) electrons. The lowest BCUT2D eigenvalue weighted by molar-refractivity contribution is 0.0528. The number of nitrogens with two attached hydrogens (primary N) is 1. The number of nitrogen functional groups attached to an aromatic ring is 1. The van der Waals surface area contributed by atoms with Gasteiger partial charge in [0.1, 0.15) is 36.1 Å². The largest absolute Gasteiger partial charge is 0.444 e. The van der Waals surface area contributed by atoms with Gasteiger partial charge in [-0.05, 0) is 39.0 Å². The fraction of sp³-hybridized carbons (Fsp3) is 0.500. The van der Waals surface area contributed by atoms with Crippen molar-refractivity contribution in [1.82, 2.24) is 5.32 Å². The number of hydrogen-bond donors (Lipinski definition) is 2. The van der Waals surface area contributed by atoms with Crippen LogP contribution in [0.25, 0.3) is 0 Å². The Bertz CT molecular complexity index is 658. The number of hydrogen-bond acceptors (Lipinski definition) is 5. The van der Waals surface area contributed by atoms with E-state index in [9.17, 15) is 13.6 Å². The van der Waals surface area contributed by atoms with Gasteiger partial charge in [0, 0.05) is 11.3 Å². The normalized spacial score (nSPS) is 21.1. The van der Waals surface area contributed by atoms with Gasteiger partial charge in [0.2, 0.25) is 0 Å². The summed E-state index contributed by atoms with van der Waals surface area (Å²) in [5.41, 5.74) is 3.63. The van der Waals surface area contributed by atoms with Crippen LogP contribution in [0, 0.1) is 5.82 Å². The van der Waals surface area contributed by atoms with Crippen LogP contribution in [0.1, 0.15) is 26.3 Å². The molecule has 1 amide bonds. The van der Waals surface area contributed by atoms with Gasteiger partial charge in [-0.3, -0.25) is 10.3 Å². The lowest BCUT2D eigenvalue weighted by Gasteiger charge is -2.32. The van der Waals surface area contributed by atoms with Crippen LogP contribution in [0.15, 0.2) is 23.2 Å². The van der Waals surface area contributed by atoms with E-state index in [2.05, 4.69) is 10.3 Å². The number of amidine groups is 1. The standard InChI is InChI=1S/C16H21F2N3O3/c1-15(2,3)24-14(22)20-13-7-23-9-16(8-17,21-13)11-6-10(19)4-5-12(11)18/h4-6H,7-9,19H2,1-3H3,(H,20,21,22). The number of rotatable bonds is 2. The Kier molecular flexibility index (Phi) is 5.08. The smallest absolute Gasteiger partial charge is 0.413 e. The first-order chi connectivity index (χ1) is 11.1. The molecule has 24 heavy (non-hydrogen) atoms. The summed E-state index contributed by atoms with van der Waals surface area (Å²) >= 11 is 0. The summed E-state index contributed by atoms with van der Waals surface area (Å²) in [6.45, 7) is 3.92. The maximum absolute atomic E-state index is 14.1. The van der Waals surface area contributed by atoms with E-state index in [1.807, 2.05) is 0 Å². The van der Waals surface area contributed by atoms with Crippen LogP contribution < -0.4 is 11.1 Å². The monoisotopic (exact) mass is 341 g/mol. The SMILES string of the molecule is CC(C)(C)OC(=O)NC1=NC(CF)(c2cc(N)ccc2F)COC1. The third kappa shape index (κ3) is 4.19. The van der Waals surface area contributed by atoms with E-state index in [0.717, 1.165) is 6.07 Å². The van der Waals surface area contributed by atoms with Crippen LogP contribution in [0.3, 0.4) is 0 Å². The van der Waals surface area contributed by atoms with Crippen molar-refractivity contribution in [2.75, 3.05) is 25.6 Å². The van der Waals surface area contributed by atoms with Crippen molar-refractivity contribution < 1.29 is 23.0 Å². The molecule has 0 bridgehead atoms. The molecule has 1 aromatic carbocycles. The Morgan fingerprint density at radius 3 is 2.83 bits per heavy atom. The van der Waals surface area contributed by atoms with Gasteiger partial charge in [-0.1, -0.05) is 0 Å². The van der Waals surface area contributed by atoms with Crippen LogP contribution in [0.5, 0.6) is 0 Å². The van der Waals surface area contributed by atoms with Crippen LogP contribution in [-0.2, 0) is 15.0 Å². The quantitative estimate of drug-likeness (QED) is 0.810. The first-order valence-corrected chi connectivity index (χ1v) is 7.43. The first-order valence-electron chi connectivity index (χ1n) is 7.43. The summed E-state index contributed by atoms with van der Waals surface area (Å²) in [5.74, 6) is -0.581.